The van der Waals surface area contributed by atoms with E-state index in [-0.39, 0.29) is 6.10 Å². The fourth-order valence-electron chi connectivity index (χ4n) is 9.83. The number of hydrogen-bond acceptors (Lipinski definition) is 1. The third-order valence-corrected chi connectivity index (χ3v) is 12.1. The van der Waals surface area contributed by atoms with Crippen molar-refractivity contribution in [1.82, 2.24) is 0 Å². The van der Waals surface area contributed by atoms with Crippen molar-refractivity contribution in [2.45, 2.75) is 119 Å². The SMILES string of the molecule is CC(C)[C@@H](C)[C@H](C)CC(C)[C@H]1CCC2C3CCC4C[C@@H](O)CC[C@]4(C)C3CC[C@@]21C. The first-order chi connectivity index (χ1) is 14.1. The minimum Gasteiger partial charge on any atom is -0.393 e. The van der Waals surface area contributed by atoms with Gasteiger partial charge in [0.1, 0.15) is 0 Å². The van der Waals surface area contributed by atoms with Crippen LogP contribution in [-0.4, -0.2) is 11.2 Å². The summed E-state index contributed by atoms with van der Waals surface area (Å²) in [4.78, 5) is 0. The van der Waals surface area contributed by atoms with Crippen LogP contribution in [0.3, 0.4) is 0 Å². The largest absolute Gasteiger partial charge is 0.393 e. The van der Waals surface area contributed by atoms with Gasteiger partial charge in [0.2, 0.25) is 0 Å². The van der Waals surface area contributed by atoms with E-state index in [1.54, 1.807) is 0 Å². The highest BCUT2D eigenvalue weighted by molar-refractivity contribution is 5.09. The molecule has 0 aromatic carbocycles. The molecular weight excluding hydrogens is 364 g/mol. The Morgan fingerprint density at radius 3 is 2.17 bits per heavy atom. The summed E-state index contributed by atoms with van der Waals surface area (Å²) in [6.07, 6.45) is 13.7. The summed E-state index contributed by atoms with van der Waals surface area (Å²) in [5, 5.41) is 10.3. The lowest BCUT2D eigenvalue weighted by Gasteiger charge is -2.61. The van der Waals surface area contributed by atoms with Gasteiger partial charge in [-0.05, 0) is 128 Å². The second-order valence-corrected chi connectivity index (χ2v) is 13.6. The van der Waals surface area contributed by atoms with E-state index in [0.29, 0.717) is 10.8 Å². The fraction of sp³-hybridized carbons (Fsp3) is 1.00. The van der Waals surface area contributed by atoms with Crippen LogP contribution in [0.2, 0.25) is 0 Å². The van der Waals surface area contributed by atoms with Gasteiger partial charge in [0.15, 0.2) is 0 Å². The maximum absolute atomic E-state index is 10.3. The molecule has 0 amide bonds. The van der Waals surface area contributed by atoms with Crippen LogP contribution < -0.4 is 0 Å². The zero-order valence-electron chi connectivity index (χ0n) is 21.3. The summed E-state index contributed by atoms with van der Waals surface area (Å²) in [7, 11) is 0. The predicted molar refractivity (Wildman–Crippen MR) is 128 cm³/mol. The quantitative estimate of drug-likeness (QED) is 0.482. The highest BCUT2D eigenvalue weighted by Crippen LogP contribution is 2.68. The van der Waals surface area contributed by atoms with Crippen molar-refractivity contribution in [2.75, 3.05) is 0 Å². The molecular formula is C29H52O. The van der Waals surface area contributed by atoms with E-state index in [4.69, 9.17) is 0 Å². The Balaban J connectivity index is 1.47. The van der Waals surface area contributed by atoms with Crippen LogP contribution in [0.15, 0.2) is 0 Å². The number of rotatable bonds is 5. The van der Waals surface area contributed by atoms with E-state index >= 15 is 0 Å². The van der Waals surface area contributed by atoms with Gasteiger partial charge in [-0.2, -0.15) is 0 Å². The molecule has 4 rings (SSSR count). The average Bonchev–Trinajstić information content (AvgIpc) is 3.05. The molecule has 1 nitrogen and oxygen atoms in total. The Labute approximate surface area is 188 Å². The molecule has 0 spiro atoms. The number of aliphatic hydroxyl groups excluding tert-OH is 1. The van der Waals surface area contributed by atoms with E-state index < -0.39 is 0 Å². The van der Waals surface area contributed by atoms with Gasteiger partial charge in [-0.25, -0.2) is 0 Å². The Morgan fingerprint density at radius 2 is 1.47 bits per heavy atom. The summed E-state index contributed by atoms with van der Waals surface area (Å²) >= 11 is 0. The summed E-state index contributed by atoms with van der Waals surface area (Å²) in [5.41, 5.74) is 1.12. The fourth-order valence-corrected chi connectivity index (χ4v) is 9.83. The molecule has 4 fully saturated rings. The third-order valence-electron chi connectivity index (χ3n) is 12.1. The van der Waals surface area contributed by atoms with Gasteiger partial charge in [-0.1, -0.05) is 48.5 Å². The second kappa shape index (κ2) is 8.39. The van der Waals surface area contributed by atoms with Gasteiger partial charge < -0.3 is 5.11 Å². The molecule has 0 aromatic heterocycles. The first-order valence-corrected chi connectivity index (χ1v) is 13.8. The number of hydrogen-bond donors (Lipinski definition) is 1. The van der Waals surface area contributed by atoms with Crippen LogP contribution in [0.4, 0.5) is 0 Å². The first kappa shape index (κ1) is 23.1. The molecule has 1 N–H and O–H groups in total. The molecule has 0 bridgehead atoms. The molecule has 11 atom stereocenters. The lowest BCUT2D eigenvalue weighted by atomic mass is 9.44. The van der Waals surface area contributed by atoms with Gasteiger partial charge in [0.05, 0.1) is 6.10 Å². The molecule has 0 radical (unpaired) electrons. The lowest BCUT2D eigenvalue weighted by molar-refractivity contribution is -0.129. The molecule has 174 valence electrons. The van der Waals surface area contributed by atoms with E-state index in [1.807, 2.05) is 0 Å². The molecule has 0 heterocycles. The van der Waals surface area contributed by atoms with Crippen LogP contribution in [0.1, 0.15) is 113 Å². The minimum atomic E-state index is -0.0135. The van der Waals surface area contributed by atoms with Crippen molar-refractivity contribution in [3.63, 3.8) is 0 Å². The van der Waals surface area contributed by atoms with Gasteiger partial charge >= 0.3 is 0 Å². The van der Waals surface area contributed by atoms with Gasteiger partial charge in [0, 0.05) is 0 Å². The predicted octanol–water partition coefficient (Wildman–Crippen LogP) is 7.96. The summed E-state index contributed by atoms with van der Waals surface area (Å²) < 4.78 is 0. The number of aliphatic hydroxyl groups is 1. The number of fused-ring (bicyclic) bond motifs is 5. The van der Waals surface area contributed by atoms with Crippen LogP contribution in [0.5, 0.6) is 0 Å². The molecule has 4 aliphatic carbocycles. The second-order valence-electron chi connectivity index (χ2n) is 13.6. The summed E-state index contributed by atoms with van der Waals surface area (Å²) in [6, 6.07) is 0. The topological polar surface area (TPSA) is 20.2 Å². The minimum absolute atomic E-state index is 0.0135. The zero-order valence-corrected chi connectivity index (χ0v) is 21.3. The van der Waals surface area contributed by atoms with E-state index in [0.717, 1.165) is 66.1 Å². The van der Waals surface area contributed by atoms with E-state index in [9.17, 15) is 5.11 Å². The Kier molecular flexibility index (Phi) is 6.47. The smallest absolute Gasteiger partial charge is 0.0543 e. The normalized spacial score (nSPS) is 49.1. The zero-order chi connectivity index (χ0) is 21.8. The monoisotopic (exact) mass is 416 g/mol. The average molecular weight is 417 g/mol. The Bertz CT molecular complexity index is 597. The van der Waals surface area contributed by atoms with Crippen molar-refractivity contribution in [2.24, 2.45) is 64.1 Å². The molecule has 1 heteroatoms. The highest BCUT2D eigenvalue weighted by atomic mass is 16.3. The molecule has 4 saturated carbocycles. The molecule has 0 aromatic rings. The van der Waals surface area contributed by atoms with Crippen molar-refractivity contribution in [3.8, 4) is 0 Å². The van der Waals surface area contributed by atoms with Gasteiger partial charge in [-0.15, -0.1) is 0 Å². The molecule has 5 unspecified atom stereocenters. The Hall–Kier alpha value is -0.0400. The molecule has 0 saturated heterocycles. The van der Waals surface area contributed by atoms with Crippen molar-refractivity contribution in [1.29, 1.82) is 0 Å². The lowest BCUT2D eigenvalue weighted by Crippen LogP contribution is -2.54. The van der Waals surface area contributed by atoms with Crippen LogP contribution in [0.25, 0.3) is 0 Å². The third kappa shape index (κ3) is 3.72. The van der Waals surface area contributed by atoms with E-state index in [1.165, 1.54) is 51.4 Å². The van der Waals surface area contributed by atoms with Gasteiger partial charge in [0.25, 0.3) is 0 Å². The van der Waals surface area contributed by atoms with Crippen LogP contribution >= 0.6 is 0 Å². The van der Waals surface area contributed by atoms with Crippen LogP contribution in [-0.2, 0) is 0 Å². The molecule has 30 heavy (non-hydrogen) atoms. The van der Waals surface area contributed by atoms with Crippen molar-refractivity contribution in [3.05, 3.63) is 0 Å². The maximum atomic E-state index is 10.3. The molecule has 0 aliphatic heterocycles. The summed E-state index contributed by atoms with van der Waals surface area (Å²) in [6.45, 7) is 17.8. The standard InChI is InChI=1S/C29H52O/c1-18(2)21(5)19(3)16-20(4)25-10-11-26-24-9-8-22-17-23(30)12-14-28(22,6)27(24)13-15-29(25,26)7/h18-27,30H,8-17H2,1-7H3/t19-,20?,21-,22?,23+,24?,25-,26?,27?,28+,29-/m1/s1. The highest BCUT2D eigenvalue weighted by Gasteiger charge is 2.60. The van der Waals surface area contributed by atoms with Crippen molar-refractivity contribution >= 4 is 0 Å². The van der Waals surface area contributed by atoms with E-state index in [2.05, 4.69) is 48.5 Å². The van der Waals surface area contributed by atoms with Crippen LogP contribution in [0, 0.1) is 64.1 Å². The van der Waals surface area contributed by atoms with Crippen molar-refractivity contribution < 1.29 is 5.11 Å². The first-order valence-electron chi connectivity index (χ1n) is 13.8. The summed E-state index contributed by atoms with van der Waals surface area (Å²) in [5.74, 6) is 8.01. The Morgan fingerprint density at radius 1 is 0.800 bits per heavy atom. The maximum Gasteiger partial charge on any atom is 0.0543 e. The molecule has 4 aliphatic rings. The van der Waals surface area contributed by atoms with Gasteiger partial charge in [-0.3, -0.25) is 0 Å².